The molecule has 0 atom stereocenters. The summed E-state index contributed by atoms with van der Waals surface area (Å²) in [5.41, 5.74) is 1.89. The van der Waals surface area contributed by atoms with Gasteiger partial charge in [-0.1, -0.05) is 12.1 Å². The lowest BCUT2D eigenvalue weighted by molar-refractivity contribution is -0.117. The number of carbonyl (C=O) groups is 2. The van der Waals surface area contributed by atoms with Crippen LogP contribution in [0.25, 0.3) is 0 Å². The molecule has 1 aliphatic heterocycles. The maximum Gasteiger partial charge on any atom is 0.231 e. The van der Waals surface area contributed by atoms with Gasteiger partial charge >= 0.3 is 0 Å². The number of likely N-dealkylation sites (N-methyl/N-ethyl adjacent to an activating group) is 1. The summed E-state index contributed by atoms with van der Waals surface area (Å²) < 4.78 is 30.3. The molecule has 142 valence electrons. The van der Waals surface area contributed by atoms with Gasteiger partial charge in [-0.05, 0) is 35.9 Å². The number of anilines is 2. The molecule has 0 unspecified atom stereocenters. The smallest absolute Gasteiger partial charge is 0.231 e. The first-order valence-electron chi connectivity index (χ1n) is 8.37. The molecule has 0 saturated heterocycles. The highest BCUT2D eigenvalue weighted by Gasteiger charge is 2.26. The minimum atomic E-state index is -3.64. The van der Waals surface area contributed by atoms with Crippen LogP contribution in [0.4, 0.5) is 11.4 Å². The van der Waals surface area contributed by atoms with E-state index in [2.05, 4.69) is 5.32 Å². The molecule has 0 fully saturated rings. The third-order valence-electron chi connectivity index (χ3n) is 4.47. The number of fused-ring (bicyclic) bond motifs is 1. The zero-order valence-electron chi connectivity index (χ0n) is 15.1. The van der Waals surface area contributed by atoms with Gasteiger partial charge in [0.1, 0.15) is 5.75 Å². The van der Waals surface area contributed by atoms with Crippen molar-refractivity contribution < 1.29 is 22.7 Å². The van der Waals surface area contributed by atoms with E-state index in [1.807, 2.05) is 0 Å². The number of hydrogen-bond donors (Lipinski definition) is 1. The van der Waals surface area contributed by atoms with Crippen LogP contribution in [-0.4, -0.2) is 40.1 Å². The van der Waals surface area contributed by atoms with Gasteiger partial charge < -0.3 is 15.0 Å². The molecular formula is C19H20N2O5S. The number of sulfone groups is 1. The molecule has 0 aromatic heterocycles. The average molecular weight is 388 g/mol. The minimum Gasteiger partial charge on any atom is -0.495 e. The fourth-order valence-electron chi connectivity index (χ4n) is 2.95. The summed E-state index contributed by atoms with van der Waals surface area (Å²) >= 11 is 0. The van der Waals surface area contributed by atoms with Crippen molar-refractivity contribution in [1.82, 2.24) is 0 Å². The van der Waals surface area contributed by atoms with E-state index in [4.69, 9.17) is 4.74 Å². The Hall–Kier alpha value is -2.87. The van der Waals surface area contributed by atoms with Crippen LogP contribution in [0.5, 0.6) is 5.75 Å². The Labute approximate surface area is 157 Å². The monoisotopic (exact) mass is 388 g/mol. The Balaban J connectivity index is 1.68. The van der Waals surface area contributed by atoms with Gasteiger partial charge in [0.15, 0.2) is 9.84 Å². The fraction of sp³-hybridized carbons (Fsp3) is 0.263. The predicted molar refractivity (Wildman–Crippen MR) is 102 cm³/mol. The molecule has 2 aromatic carbocycles. The van der Waals surface area contributed by atoms with E-state index in [0.29, 0.717) is 22.7 Å². The summed E-state index contributed by atoms with van der Waals surface area (Å²) in [6, 6.07) is 11.5. The van der Waals surface area contributed by atoms with Gasteiger partial charge in [0, 0.05) is 19.2 Å². The average Bonchev–Trinajstić information content (AvgIpc) is 2.94. The van der Waals surface area contributed by atoms with Crippen molar-refractivity contribution in [2.24, 2.45) is 0 Å². The van der Waals surface area contributed by atoms with E-state index in [-0.39, 0.29) is 29.4 Å². The molecule has 0 radical (unpaired) electrons. The second-order valence-electron chi connectivity index (χ2n) is 6.24. The first-order chi connectivity index (χ1) is 12.8. The quantitative estimate of drug-likeness (QED) is 0.817. The predicted octanol–water partition coefficient (Wildman–Crippen LogP) is 2.02. The van der Waals surface area contributed by atoms with Crippen molar-refractivity contribution >= 4 is 33.0 Å². The number of para-hydroxylation sites is 2. The molecule has 7 nitrogen and oxygen atoms in total. The lowest BCUT2D eigenvalue weighted by atomic mass is 10.2. The van der Waals surface area contributed by atoms with Gasteiger partial charge in [-0.3, -0.25) is 9.59 Å². The number of nitrogens with zero attached hydrogens (tertiary/aromatic N) is 1. The normalized spacial score (nSPS) is 13.4. The van der Waals surface area contributed by atoms with Crippen molar-refractivity contribution in [2.45, 2.75) is 17.7 Å². The van der Waals surface area contributed by atoms with Crippen LogP contribution in [0.3, 0.4) is 0 Å². The largest absolute Gasteiger partial charge is 0.495 e. The van der Waals surface area contributed by atoms with Crippen LogP contribution in [0, 0.1) is 0 Å². The Morgan fingerprint density at radius 3 is 2.70 bits per heavy atom. The highest BCUT2D eigenvalue weighted by atomic mass is 32.2. The number of benzene rings is 2. The molecule has 0 aliphatic carbocycles. The van der Waals surface area contributed by atoms with Crippen LogP contribution < -0.4 is 15.0 Å². The minimum absolute atomic E-state index is 0.0734. The molecule has 8 heteroatoms. The molecule has 1 aliphatic rings. The number of methoxy groups -OCH3 is 1. The van der Waals surface area contributed by atoms with E-state index in [0.717, 1.165) is 0 Å². The Kier molecular flexibility index (Phi) is 5.18. The van der Waals surface area contributed by atoms with Gasteiger partial charge in [0.2, 0.25) is 11.8 Å². The van der Waals surface area contributed by atoms with E-state index in [9.17, 15) is 18.0 Å². The maximum atomic E-state index is 12.6. The summed E-state index contributed by atoms with van der Waals surface area (Å²) in [7, 11) is -0.493. The molecule has 2 amide bonds. The standard InChI is InChI=1S/C19H20N2O5S/c1-21-16-8-7-14(11-13(16)12-19(21)23)27(24,25)10-9-18(22)20-15-5-3-4-6-17(15)26-2/h3-8,11H,9-10,12H2,1-2H3,(H,20,22). The number of hydrogen-bond acceptors (Lipinski definition) is 5. The van der Waals surface area contributed by atoms with E-state index in [1.165, 1.54) is 24.1 Å². The Morgan fingerprint density at radius 1 is 1.22 bits per heavy atom. The first kappa shape index (κ1) is 18.9. The van der Waals surface area contributed by atoms with Crippen molar-refractivity contribution in [2.75, 3.05) is 30.1 Å². The van der Waals surface area contributed by atoms with Crippen LogP contribution >= 0.6 is 0 Å². The van der Waals surface area contributed by atoms with Gasteiger partial charge in [-0.25, -0.2) is 8.42 Å². The maximum absolute atomic E-state index is 12.6. The molecule has 0 spiro atoms. The zero-order chi connectivity index (χ0) is 19.6. The SMILES string of the molecule is COc1ccccc1NC(=O)CCS(=O)(=O)c1ccc2c(c1)CC(=O)N2C. The summed E-state index contributed by atoms with van der Waals surface area (Å²) in [6.07, 6.45) is -0.000217. The van der Waals surface area contributed by atoms with Crippen LogP contribution in [0.15, 0.2) is 47.4 Å². The number of carbonyl (C=O) groups excluding carboxylic acids is 2. The lowest BCUT2D eigenvalue weighted by Crippen LogP contribution is -2.20. The zero-order valence-corrected chi connectivity index (χ0v) is 15.9. The van der Waals surface area contributed by atoms with Crippen molar-refractivity contribution in [3.63, 3.8) is 0 Å². The lowest BCUT2D eigenvalue weighted by Gasteiger charge is -2.11. The van der Waals surface area contributed by atoms with Crippen molar-refractivity contribution in [3.8, 4) is 5.75 Å². The second-order valence-corrected chi connectivity index (χ2v) is 8.35. The molecule has 2 aromatic rings. The fourth-order valence-corrected chi connectivity index (χ4v) is 4.23. The van der Waals surface area contributed by atoms with Crippen LogP contribution in [-0.2, 0) is 25.8 Å². The number of ether oxygens (including phenoxy) is 1. The van der Waals surface area contributed by atoms with Gasteiger partial charge in [-0.2, -0.15) is 0 Å². The first-order valence-corrected chi connectivity index (χ1v) is 10.0. The molecule has 1 heterocycles. The third-order valence-corrected chi connectivity index (χ3v) is 6.18. The van der Waals surface area contributed by atoms with E-state index < -0.39 is 15.7 Å². The summed E-state index contributed by atoms with van der Waals surface area (Å²) in [5.74, 6) is -0.313. The Bertz CT molecular complexity index is 1000. The van der Waals surface area contributed by atoms with Crippen molar-refractivity contribution in [1.29, 1.82) is 0 Å². The van der Waals surface area contributed by atoms with E-state index >= 15 is 0 Å². The highest BCUT2D eigenvalue weighted by molar-refractivity contribution is 7.91. The van der Waals surface area contributed by atoms with Gasteiger partial charge in [0.05, 0.1) is 29.9 Å². The second kappa shape index (κ2) is 7.40. The molecule has 0 bridgehead atoms. The van der Waals surface area contributed by atoms with Crippen LogP contribution in [0.2, 0.25) is 0 Å². The summed E-state index contributed by atoms with van der Waals surface area (Å²) in [5, 5.41) is 2.66. The Morgan fingerprint density at radius 2 is 1.96 bits per heavy atom. The van der Waals surface area contributed by atoms with Gasteiger partial charge in [-0.15, -0.1) is 0 Å². The molecule has 1 N–H and O–H groups in total. The van der Waals surface area contributed by atoms with Gasteiger partial charge in [0.25, 0.3) is 0 Å². The molecular weight excluding hydrogens is 368 g/mol. The topological polar surface area (TPSA) is 92.8 Å². The molecule has 27 heavy (non-hydrogen) atoms. The number of nitrogens with one attached hydrogen (secondary N) is 1. The molecule has 0 saturated carbocycles. The van der Waals surface area contributed by atoms with Crippen molar-refractivity contribution in [3.05, 3.63) is 48.0 Å². The summed E-state index contributed by atoms with van der Waals surface area (Å²) in [6.45, 7) is 0. The summed E-state index contributed by atoms with van der Waals surface area (Å²) in [4.78, 5) is 25.5. The van der Waals surface area contributed by atoms with Crippen LogP contribution in [0.1, 0.15) is 12.0 Å². The highest BCUT2D eigenvalue weighted by Crippen LogP contribution is 2.30. The number of amides is 2. The third kappa shape index (κ3) is 3.95. The number of rotatable bonds is 6. The molecule has 3 rings (SSSR count). The van der Waals surface area contributed by atoms with E-state index in [1.54, 1.807) is 37.4 Å².